The van der Waals surface area contributed by atoms with Crippen LogP contribution in [0.15, 0.2) is 65.8 Å². The maximum absolute atomic E-state index is 12.4. The molecule has 0 fully saturated rings. The molecule has 1 aliphatic heterocycles. The fourth-order valence-corrected chi connectivity index (χ4v) is 2.94. The number of carbonyl (C=O) groups is 2. The lowest BCUT2D eigenvalue weighted by atomic mass is 10.2. The molecule has 10 heteroatoms. The van der Waals surface area contributed by atoms with Gasteiger partial charge in [-0.05, 0) is 24.3 Å². The van der Waals surface area contributed by atoms with Crippen molar-refractivity contribution in [2.24, 2.45) is 5.10 Å². The summed E-state index contributed by atoms with van der Waals surface area (Å²) in [6.45, 7) is 0. The van der Waals surface area contributed by atoms with Gasteiger partial charge in [0.05, 0.1) is 5.69 Å². The van der Waals surface area contributed by atoms with E-state index in [4.69, 9.17) is 0 Å². The molecule has 0 spiro atoms. The zero-order chi connectivity index (χ0) is 18.9. The Morgan fingerprint density at radius 2 is 1.62 bits per heavy atom. The Morgan fingerprint density at radius 1 is 1.08 bits per heavy atom. The molecule has 0 saturated heterocycles. The number of hydrazone groups is 1. The number of amides is 2. The maximum atomic E-state index is 12.4. The van der Waals surface area contributed by atoms with E-state index in [1.54, 1.807) is 36.4 Å². The van der Waals surface area contributed by atoms with E-state index in [2.05, 4.69) is 5.10 Å². The van der Waals surface area contributed by atoms with Gasteiger partial charge in [0.1, 0.15) is 10.1 Å². The van der Waals surface area contributed by atoms with E-state index < -0.39 is 32.7 Å². The Hall–Kier alpha value is -3.08. The number of para-hydroxylation sites is 1. The Kier molecular flexibility index (Phi) is 4.32. The van der Waals surface area contributed by atoms with E-state index in [9.17, 15) is 27.7 Å². The summed E-state index contributed by atoms with van der Waals surface area (Å²) in [5.41, 5.74) is 0.231. The Labute approximate surface area is 148 Å². The van der Waals surface area contributed by atoms with Crippen molar-refractivity contribution in [1.82, 2.24) is 5.32 Å². The van der Waals surface area contributed by atoms with Gasteiger partial charge in [0.25, 0.3) is 10.8 Å². The normalized spacial score (nSPS) is 20.0. The third-order valence-electron chi connectivity index (χ3n) is 3.63. The number of nitrogens with zero attached hydrogens (tertiary/aromatic N) is 2. The van der Waals surface area contributed by atoms with Gasteiger partial charge < -0.3 is 15.0 Å². The van der Waals surface area contributed by atoms with Crippen molar-refractivity contribution < 1.29 is 27.7 Å². The highest BCUT2D eigenvalue weighted by molar-refractivity contribution is 7.88. The average Bonchev–Trinajstić information content (AvgIpc) is 2.89. The number of aliphatic hydroxyl groups is 1. The van der Waals surface area contributed by atoms with Crippen LogP contribution in [0.5, 0.6) is 0 Å². The van der Waals surface area contributed by atoms with Crippen LogP contribution in [0.4, 0.5) is 5.69 Å². The van der Waals surface area contributed by atoms with Gasteiger partial charge in [-0.1, -0.05) is 36.4 Å². The summed E-state index contributed by atoms with van der Waals surface area (Å²) < 4.78 is 34.8. The monoisotopic (exact) mass is 374 g/mol. The molecule has 9 nitrogen and oxygen atoms in total. The zero-order valence-corrected chi connectivity index (χ0v) is 13.9. The number of anilines is 1. The number of benzene rings is 2. The lowest BCUT2D eigenvalue weighted by molar-refractivity contribution is -0.125. The Morgan fingerprint density at radius 3 is 2.15 bits per heavy atom. The van der Waals surface area contributed by atoms with E-state index in [0.717, 1.165) is 0 Å². The van der Waals surface area contributed by atoms with Gasteiger partial charge in [-0.25, -0.2) is 8.42 Å². The quantitative estimate of drug-likeness (QED) is 0.726. The molecule has 0 aliphatic carbocycles. The van der Waals surface area contributed by atoms with E-state index in [1.807, 2.05) is 5.32 Å². The van der Waals surface area contributed by atoms with Crippen molar-refractivity contribution in [3.63, 3.8) is 0 Å². The smallest absolute Gasteiger partial charge is 0.302 e. The molecule has 2 aromatic carbocycles. The van der Waals surface area contributed by atoms with Crippen LogP contribution in [-0.4, -0.2) is 40.7 Å². The van der Waals surface area contributed by atoms with Gasteiger partial charge >= 0.3 is 5.91 Å². The topological polar surface area (TPSA) is 139 Å². The summed E-state index contributed by atoms with van der Waals surface area (Å²) in [5, 5.41) is 16.6. The third kappa shape index (κ3) is 2.86. The number of nitrogens with one attached hydrogen (secondary N) is 1. The predicted molar refractivity (Wildman–Crippen MR) is 89.9 cm³/mol. The molecule has 0 radical (unpaired) electrons. The highest BCUT2D eigenvalue weighted by Crippen LogP contribution is 2.29. The first-order valence-corrected chi connectivity index (χ1v) is 8.69. The summed E-state index contributed by atoms with van der Waals surface area (Å²) in [4.78, 5) is 21.1. The molecular formula is C16H12N3O6S-. The second kappa shape index (κ2) is 6.33. The highest BCUT2D eigenvalue weighted by atomic mass is 32.2. The SMILES string of the molecule is O=C(NC1=NN(c2ccccc2)C(=O)C1(O)S(=O)(=O)[O-])c1ccccc1. The van der Waals surface area contributed by atoms with E-state index in [0.29, 0.717) is 5.01 Å². The zero-order valence-electron chi connectivity index (χ0n) is 13.1. The molecule has 1 atom stereocenters. The van der Waals surface area contributed by atoms with Crippen molar-refractivity contribution >= 4 is 33.5 Å². The summed E-state index contributed by atoms with van der Waals surface area (Å²) in [7, 11) is -5.60. The molecule has 134 valence electrons. The van der Waals surface area contributed by atoms with Crippen LogP contribution in [0.25, 0.3) is 0 Å². The molecule has 0 bridgehead atoms. The summed E-state index contributed by atoms with van der Waals surface area (Å²) in [6, 6.07) is 15.2. The summed E-state index contributed by atoms with van der Waals surface area (Å²) >= 11 is 0. The van der Waals surface area contributed by atoms with Crippen LogP contribution in [0, 0.1) is 0 Å². The van der Waals surface area contributed by atoms with Crippen molar-refractivity contribution in [3.8, 4) is 0 Å². The second-order valence-corrected chi connectivity index (χ2v) is 6.82. The molecule has 0 saturated carbocycles. The molecule has 26 heavy (non-hydrogen) atoms. The molecule has 1 unspecified atom stereocenters. The first kappa shape index (κ1) is 17.7. The van der Waals surface area contributed by atoms with Crippen LogP contribution in [0.3, 0.4) is 0 Å². The lowest BCUT2D eigenvalue weighted by Crippen LogP contribution is -2.57. The molecular weight excluding hydrogens is 362 g/mol. The molecule has 1 aliphatic rings. The number of rotatable bonds is 3. The number of hydrogen-bond donors (Lipinski definition) is 2. The molecule has 3 rings (SSSR count). The minimum absolute atomic E-state index is 0.114. The Balaban J connectivity index is 2.04. The summed E-state index contributed by atoms with van der Waals surface area (Å²) in [6.07, 6.45) is 0. The minimum atomic E-state index is -5.60. The van der Waals surface area contributed by atoms with E-state index in [-0.39, 0.29) is 11.3 Å². The fraction of sp³-hybridized carbons (Fsp3) is 0.0625. The third-order valence-corrected chi connectivity index (χ3v) is 4.73. The Bertz CT molecular complexity index is 991. The molecule has 0 aromatic heterocycles. The largest absolute Gasteiger partial charge is 0.745 e. The fourth-order valence-electron chi connectivity index (χ4n) is 2.31. The second-order valence-electron chi connectivity index (χ2n) is 5.32. The first-order valence-electron chi connectivity index (χ1n) is 7.28. The highest BCUT2D eigenvalue weighted by Gasteiger charge is 2.57. The van der Waals surface area contributed by atoms with Gasteiger partial charge in [-0.2, -0.15) is 5.01 Å². The van der Waals surface area contributed by atoms with Gasteiger partial charge in [-0.15, -0.1) is 5.10 Å². The van der Waals surface area contributed by atoms with Crippen molar-refractivity contribution in [3.05, 3.63) is 66.2 Å². The van der Waals surface area contributed by atoms with Gasteiger partial charge in [-0.3, -0.25) is 9.59 Å². The molecule has 2 aromatic rings. The molecule has 2 amide bonds. The van der Waals surface area contributed by atoms with Crippen LogP contribution >= 0.6 is 0 Å². The lowest BCUT2D eigenvalue weighted by Gasteiger charge is -2.25. The maximum Gasteiger partial charge on any atom is 0.302 e. The van der Waals surface area contributed by atoms with Crippen LogP contribution in [0.1, 0.15) is 10.4 Å². The molecule has 1 heterocycles. The number of carbonyl (C=O) groups excluding carboxylic acids is 2. The van der Waals surface area contributed by atoms with Gasteiger partial charge in [0, 0.05) is 5.56 Å². The predicted octanol–water partition coefficient (Wildman–Crippen LogP) is 0.0105. The average molecular weight is 374 g/mol. The molecule has 2 N–H and O–H groups in total. The summed E-state index contributed by atoms with van der Waals surface area (Å²) in [5.74, 6) is -3.31. The number of hydrogen-bond acceptors (Lipinski definition) is 7. The van der Waals surface area contributed by atoms with Crippen molar-refractivity contribution in [1.29, 1.82) is 0 Å². The van der Waals surface area contributed by atoms with Gasteiger partial charge in [0.2, 0.25) is 0 Å². The van der Waals surface area contributed by atoms with Crippen molar-refractivity contribution in [2.45, 2.75) is 4.93 Å². The standard InChI is InChI=1S/C16H13N3O6S/c20-13(11-7-3-1-4-8-11)17-14-16(22,26(23,24)25)15(21)19(18-14)12-9-5-2-6-10-12/h1-10,22H,(H,17,18,20)(H,23,24,25)/p-1. The van der Waals surface area contributed by atoms with Crippen LogP contribution in [-0.2, 0) is 14.9 Å². The van der Waals surface area contributed by atoms with E-state index >= 15 is 0 Å². The first-order chi connectivity index (χ1) is 12.2. The van der Waals surface area contributed by atoms with Crippen LogP contribution in [0.2, 0.25) is 0 Å². The van der Waals surface area contributed by atoms with Crippen LogP contribution < -0.4 is 10.3 Å². The van der Waals surface area contributed by atoms with Crippen molar-refractivity contribution in [2.75, 3.05) is 5.01 Å². The number of amidine groups is 1. The van der Waals surface area contributed by atoms with Gasteiger partial charge in [0.15, 0.2) is 5.84 Å². The van der Waals surface area contributed by atoms with E-state index in [1.165, 1.54) is 24.3 Å². The minimum Gasteiger partial charge on any atom is -0.745 e.